The van der Waals surface area contributed by atoms with Crippen LogP contribution in [0.2, 0.25) is 5.15 Å². The van der Waals surface area contributed by atoms with E-state index in [1.165, 1.54) is 10.5 Å². The van der Waals surface area contributed by atoms with Crippen molar-refractivity contribution < 1.29 is 0 Å². The molecule has 19 heavy (non-hydrogen) atoms. The van der Waals surface area contributed by atoms with Crippen molar-refractivity contribution >= 4 is 23.4 Å². The molecule has 0 saturated heterocycles. The second kappa shape index (κ2) is 5.51. The number of hydrogen-bond acceptors (Lipinski definition) is 3. The predicted octanol–water partition coefficient (Wildman–Crippen LogP) is 4.89. The molecule has 0 bridgehead atoms. The molecule has 2 aromatic rings. The summed E-state index contributed by atoms with van der Waals surface area (Å²) in [7, 11) is 0. The van der Waals surface area contributed by atoms with Crippen molar-refractivity contribution in [2.24, 2.45) is 0 Å². The van der Waals surface area contributed by atoms with Crippen molar-refractivity contribution in [3.63, 3.8) is 0 Å². The van der Waals surface area contributed by atoms with E-state index in [4.69, 9.17) is 11.6 Å². The zero-order chi connectivity index (χ0) is 14.0. The summed E-state index contributed by atoms with van der Waals surface area (Å²) in [6.07, 6.45) is 0. The Morgan fingerprint density at radius 1 is 1.11 bits per heavy atom. The molecule has 1 aromatic carbocycles. The lowest BCUT2D eigenvalue weighted by atomic mass is 9.96. The molecule has 0 aliphatic carbocycles. The Morgan fingerprint density at radius 2 is 1.79 bits per heavy atom. The van der Waals surface area contributed by atoms with Crippen LogP contribution < -0.4 is 0 Å². The highest BCUT2D eigenvalue weighted by Gasteiger charge is 2.19. The van der Waals surface area contributed by atoms with Crippen LogP contribution in [-0.4, -0.2) is 9.97 Å². The van der Waals surface area contributed by atoms with Crippen LogP contribution in [0.5, 0.6) is 0 Å². The Bertz CT molecular complexity index is 591. The number of nitrogens with zero attached hydrogens (tertiary/aromatic N) is 2. The van der Waals surface area contributed by atoms with Gasteiger partial charge in [-0.2, -0.15) is 0 Å². The Balaban J connectivity index is 2.36. The van der Waals surface area contributed by atoms with Crippen molar-refractivity contribution in [1.82, 2.24) is 9.97 Å². The summed E-state index contributed by atoms with van der Waals surface area (Å²) in [6.45, 7) is 8.35. The van der Waals surface area contributed by atoms with Crippen molar-refractivity contribution in [1.29, 1.82) is 0 Å². The molecule has 0 saturated carbocycles. The van der Waals surface area contributed by atoms with Crippen molar-refractivity contribution in [2.75, 3.05) is 0 Å². The van der Waals surface area contributed by atoms with Gasteiger partial charge in [0.25, 0.3) is 0 Å². The molecular formula is C15H17ClN2S. The summed E-state index contributed by atoms with van der Waals surface area (Å²) >= 11 is 7.72. The van der Waals surface area contributed by atoms with Crippen LogP contribution in [0.25, 0.3) is 0 Å². The van der Waals surface area contributed by atoms with E-state index in [1.54, 1.807) is 11.8 Å². The molecule has 0 radical (unpaired) electrons. The summed E-state index contributed by atoms with van der Waals surface area (Å²) in [5, 5.41) is 1.38. The van der Waals surface area contributed by atoms with E-state index in [0.29, 0.717) is 5.15 Å². The summed E-state index contributed by atoms with van der Waals surface area (Å²) < 4.78 is 0. The van der Waals surface area contributed by atoms with Gasteiger partial charge >= 0.3 is 0 Å². The summed E-state index contributed by atoms with van der Waals surface area (Å²) in [5.74, 6) is 0.774. The van der Waals surface area contributed by atoms with Crippen LogP contribution in [0.15, 0.2) is 40.3 Å². The lowest BCUT2D eigenvalue weighted by Crippen LogP contribution is -2.16. The third kappa shape index (κ3) is 3.71. The summed E-state index contributed by atoms with van der Waals surface area (Å²) in [4.78, 5) is 10.1. The molecule has 2 rings (SSSR count). The molecular weight excluding hydrogens is 276 g/mol. The standard InChI is InChI=1S/C15H17ClN2S/c1-10-7-5-6-8-11(10)19-13-9-12(16)17-14(18-13)15(2,3)4/h5-9H,1-4H3. The number of aryl methyl sites for hydroxylation is 1. The van der Waals surface area contributed by atoms with Crippen LogP contribution in [0.3, 0.4) is 0 Å². The molecule has 2 nitrogen and oxygen atoms in total. The lowest BCUT2D eigenvalue weighted by molar-refractivity contribution is 0.538. The molecule has 1 aromatic heterocycles. The first-order valence-electron chi connectivity index (χ1n) is 6.15. The maximum atomic E-state index is 6.10. The maximum Gasteiger partial charge on any atom is 0.136 e. The first-order chi connectivity index (χ1) is 8.86. The van der Waals surface area contributed by atoms with Gasteiger partial charge in [-0.05, 0) is 18.6 Å². The lowest BCUT2D eigenvalue weighted by Gasteiger charge is -2.17. The van der Waals surface area contributed by atoms with Crippen LogP contribution in [0.1, 0.15) is 32.2 Å². The molecule has 0 atom stereocenters. The quantitative estimate of drug-likeness (QED) is 0.737. The molecule has 0 N–H and O–H groups in total. The zero-order valence-electron chi connectivity index (χ0n) is 11.6. The van der Waals surface area contributed by atoms with Crippen LogP contribution in [0, 0.1) is 6.92 Å². The Kier molecular flexibility index (Phi) is 4.16. The molecule has 0 unspecified atom stereocenters. The minimum atomic E-state index is -0.105. The molecule has 0 spiro atoms. The number of hydrogen-bond donors (Lipinski definition) is 0. The number of aromatic nitrogens is 2. The third-order valence-corrected chi connectivity index (χ3v) is 3.94. The highest BCUT2D eigenvalue weighted by molar-refractivity contribution is 7.99. The summed E-state index contributed by atoms with van der Waals surface area (Å²) in [5.41, 5.74) is 1.13. The number of rotatable bonds is 2. The maximum absolute atomic E-state index is 6.10. The average Bonchev–Trinajstić information content (AvgIpc) is 2.30. The minimum absolute atomic E-state index is 0.105. The molecule has 4 heteroatoms. The first kappa shape index (κ1) is 14.4. The zero-order valence-corrected chi connectivity index (χ0v) is 13.1. The third-order valence-electron chi connectivity index (χ3n) is 2.65. The van der Waals surface area contributed by atoms with Crippen molar-refractivity contribution in [3.8, 4) is 0 Å². The van der Waals surface area contributed by atoms with Gasteiger partial charge in [0.1, 0.15) is 16.0 Å². The largest absolute Gasteiger partial charge is 0.226 e. The van der Waals surface area contributed by atoms with Crippen molar-refractivity contribution in [3.05, 3.63) is 46.9 Å². The van der Waals surface area contributed by atoms with E-state index in [-0.39, 0.29) is 5.41 Å². The Hall–Kier alpha value is -1.06. The van der Waals surface area contributed by atoms with E-state index in [2.05, 4.69) is 49.8 Å². The Morgan fingerprint density at radius 3 is 2.42 bits per heavy atom. The highest BCUT2D eigenvalue weighted by atomic mass is 35.5. The number of halogens is 1. The second-order valence-electron chi connectivity index (χ2n) is 5.47. The van der Waals surface area contributed by atoms with Gasteiger partial charge in [0.05, 0.1) is 0 Å². The van der Waals surface area contributed by atoms with Crippen LogP contribution in [-0.2, 0) is 5.41 Å². The topological polar surface area (TPSA) is 25.8 Å². The van der Waals surface area contributed by atoms with Gasteiger partial charge in [-0.3, -0.25) is 0 Å². The summed E-state index contributed by atoms with van der Waals surface area (Å²) in [6, 6.07) is 10.1. The normalized spacial score (nSPS) is 11.6. The van der Waals surface area contributed by atoms with Gasteiger partial charge in [-0.1, -0.05) is 62.3 Å². The molecule has 0 aliphatic heterocycles. The minimum Gasteiger partial charge on any atom is -0.226 e. The molecule has 0 aliphatic rings. The second-order valence-corrected chi connectivity index (χ2v) is 6.92. The fraction of sp³-hybridized carbons (Fsp3) is 0.333. The van der Waals surface area contributed by atoms with E-state index >= 15 is 0 Å². The van der Waals surface area contributed by atoms with Crippen LogP contribution in [0.4, 0.5) is 0 Å². The first-order valence-corrected chi connectivity index (χ1v) is 7.34. The van der Waals surface area contributed by atoms with Gasteiger partial charge in [0.15, 0.2) is 0 Å². The predicted molar refractivity (Wildman–Crippen MR) is 81.0 cm³/mol. The van der Waals surface area contributed by atoms with E-state index in [9.17, 15) is 0 Å². The molecule has 0 fully saturated rings. The molecule has 100 valence electrons. The molecule has 1 heterocycles. The average molecular weight is 293 g/mol. The van der Waals surface area contributed by atoms with Gasteiger partial charge in [0.2, 0.25) is 0 Å². The van der Waals surface area contributed by atoms with Gasteiger partial charge < -0.3 is 0 Å². The van der Waals surface area contributed by atoms with Crippen LogP contribution >= 0.6 is 23.4 Å². The van der Waals surface area contributed by atoms with E-state index in [1.807, 2.05) is 18.2 Å². The fourth-order valence-corrected chi connectivity index (χ4v) is 2.72. The Labute approximate surface area is 123 Å². The molecule has 0 amide bonds. The fourth-order valence-electron chi connectivity index (χ4n) is 1.57. The SMILES string of the molecule is Cc1ccccc1Sc1cc(Cl)nc(C(C)(C)C)n1. The van der Waals surface area contributed by atoms with Gasteiger partial charge in [0, 0.05) is 16.4 Å². The van der Waals surface area contributed by atoms with Gasteiger partial charge in [-0.15, -0.1) is 0 Å². The van der Waals surface area contributed by atoms with E-state index in [0.717, 1.165) is 10.9 Å². The van der Waals surface area contributed by atoms with E-state index < -0.39 is 0 Å². The monoisotopic (exact) mass is 292 g/mol. The highest BCUT2D eigenvalue weighted by Crippen LogP contribution is 2.31. The number of benzene rings is 1. The smallest absolute Gasteiger partial charge is 0.136 e. The van der Waals surface area contributed by atoms with Gasteiger partial charge in [-0.25, -0.2) is 9.97 Å². The van der Waals surface area contributed by atoms with Crippen molar-refractivity contribution in [2.45, 2.75) is 43.0 Å².